The fraction of sp³-hybridized carbons (Fsp3) is 0.381. The van der Waals surface area contributed by atoms with Crippen LogP contribution in [0.5, 0.6) is 0 Å². The summed E-state index contributed by atoms with van der Waals surface area (Å²) < 4.78 is 2.00. The molecule has 6 heteroatoms. The molecule has 4 heterocycles. The number of nitrogens with zero attached hydrogens (tertiary/aromatic N) is 4. The minimum atomic E-state index is 0.0310. The summed E-state index contributed by atoms with van der Waals surface area (Å²) >= 11 is 0. The van der Waals surface area contributed by atoms with E-state index in [1.807, 2.05) is 30.1 Å². The first-order valence-electron chi connectivity index (χ1n) is 9.59. The van der Waals surface area contributed by atoms with Gasteiger partial charge in [-0.3, -0.25) is 9.69 Å². The summed E-state index contributed by atoms with van der Waals surface area (Å²) in [5.41, 5.74) is 2.16. The van der Waals surface area contributed by atoms with Gasteiger partial charge in [-0.15, -0.1) is 0 Å². The van der Waals surface area contributed by atoms with Crippen LogP contribution in [0.2, 0.25) is 0 Å². The molecule has 1 N–H and O–H groups in total. The summed E-state index contributed by atoms with van der Waals surface area (Å²) in [6, 6.07) is 9.40. The molecule has 6 nitrogen and oxygen atoms in total. The van der Waals surface area contributed by atoms with Crippen LogP contribution in [0.3, 0.4) is 0 Å². The first kappa shape index (κ1) is 16.4. The Kier molecular flexibility index (Phi) is 3.93. The van der Waals surface area contributed by atoms with Crippen LogP contribution in [0.1, 0.15) is 25.7 Å². The molecule has 2 aliphatic rings. The fourth-order valence-corrected chi connectivity index (χ4v) is 4.63. The maximum atomic E-state index is 12.5. The highest BCUT2D eigenvalue weighted by Gasteiger charge is 2.39. The molecule has 2 fully saturated rings. The first-order valence-corrected chi connectivity index (χ1v) is 9.59. The van der Waals surface area contributed by atoms with Crippen molar-refractivity contribution >= 4 is 22.5 Å². The summed E-state index contributed by atoms with van der Waals surface area (Å²) in [5.74, 6) is 0.643. The minimum Gasteiger partial charge on any atom is -0.334 e. The average Bonchev–Trinajstić information content (AvgIpc) is 3.37. The second-order valence-corrected chi connectivity index (χ2v) is 7.70. The van der Waals surface area contributed by atoms with Crippen molar-refractivity contribution in [2.24, 2.45) is 7.05 Å². The number of hydrogen-bond donors (Lipinski definition) is 1. The van der Waals surface area contributed by atoms with Gasteiger partial charge in [-0.2, -0.15) is 0 Å². The van der Waals surface area contributed by atoms with Gasteiger partial charge in [-0.25, -0.2) is 9.97 Å². The number of hydrogen-bond acceptors (Lipinski definition) is 4. The summed E-state index contributed by atoms with van der Waals surface area (Å²) in [6.45, 7) is 0.476. The fourth-order valence-electron chi connectivity index (χ4n) is 4.63. The molecule has 2 aliphatic heterocycles. The van der Waals surface area contributed by atoms with E-state index in [0.717, 1.165) is 22.0 Å². The number of anilines is 1. The molecule has 1 aromatic carbocycles. The van der Waals surface area contributed by atoms with Crippen LogP contribution in [-0.4, -0.2) is 44.0 Å². The molecular weight excluding hydrogens is 338 g/mol. The SMILES string of the molecule is Cn1cncc1-c1ccc2cnc(NC(=O)CN3C4CCC3CC4)cc2c1. The molecule has 0 radical (unpaired) electrons. The van der Waals surface area contributed by atoms with Gasteiger partial charge in [0.1, 0.15) is 5.82 Å². The van der Waals surface area contributed by atoms with E-state index >= 15 is 0 Å². The molecule has 0 spiro atoms. The number of aromatic nitrogens is 3. The number of rotatable bonds is 4. The third-order valence-electron chi connectivity index (χ3n) is 6.03. The van der Waals surface area contributed by atoms with Gasteiger partial charge in [0.05, 0.1) is 24.8 Å². The third-order valence-corrected chi connectivity index (χ3v) is 6.03. The average molecular weight is 361 g/mol. The first-order chi connectivity index (χ1) is 13.2. The van der Waals surface area contributed by atoms with Crippen molar-refractivity contribution in [2.45, 2.75) is 37.8 Å². The number of fused-ring (bicyclic) bond motifs is 3. The van der Waals surface area contributed by atoms with Gasteiger partial charge in [0, 0.05) is 36.3 Å². The van der Waals surface area contributed by atoms with E-state index < -0.39 is 0 Å². The van der Waals surface area contributed by atoms with E-state index in [1.165, 1.54) is 25.7 Å². The number of pyridine rings is 1. The number of aryl methyl sites for hydroxylation is 1. The molecule has 0 saturated carbocycles. The molecule has 1 amide bonds. The summed E-state index contributed by atoms with van der Waals surface area (Å²) in [7, 11) is 1.98. The lowest BCUT2D eigenvalue weighted by molar-refractivity contribution is -0.117. The molecule has 0 aliphatic carbocycles. The van der Waals surface area contributed by atoms with Crippen molar-refractivity contribution in [1.29, 1.82) is 0 Å². The van der Waals surface area contributed by atoms with Crippen molar-refractivity contribution in [3.05, 3.63) is 43.0 Å². The molecule has 2 bridgehead atoms. The summed E-state index contributed by atoms with van der Waals surface area (Å²) in [4.78, 5) is 23.5. The zero-order chi connectivity index (χ0) is 18.4. The third kappa shape index (κ3) is 3.00. The van der Waals surface area contributed by atoms with Crippen LogP contribution in [0.15, 0.2) is 43.0 Å². The lowest BCUT2D eigenvalue weighted by Crippen LogP contribution is -2.36. The number of carbonyl (C=O) groups excluding carboxylic acids is 1. The zero-order valence-corrected chi connectivity index (χ0v) is 15.4. The van der Waals surface area contributed by atoms with Gasteiger partial charge in [-0.05, 0) is 43.2 Å². The van der Waals surface area contributed by atoms with Gasteiger partial charge >= 0.3 is 0 Å². The van der Waals surface area contributed by atoms with Gasteiger partial charge in [0.25, 0.3) is 0 Å². The number of amides is 1. The monoisotopic (exact) mass is 361 g/mol. The molecular formula is C21H23N5O. The van der Waals surface area contributed by atoms with E-state index in [1.54, 1.807) is 6.33 Å². The lowest BCUT2D eigenvalue weighted by atomic mass is 10.0. The molecule has 0 atom stereocenters. The van der Waals surface area contributed by atoms with Gasteiger partial charge < -0.3 is 9.88 Å². The maximum Gasteiger partial charge on any atom is 0.239 e. The van der Waals surface area contributed by atoms with Crippen LogP contribution in [0, 0.1) is 0 Å². The number of imidazole rings is 1. The van der Waals surface area contributed by atoms with E-state index in [4.69, 9.17) is 0 Å². The van der Waals surface area contributed by atoms with E-state index in [2.05, 4.69) is 38.4 Å². The Hall–Kier alpha value is -2.73. The van der Waals surface area contributed by atoms with Crippen LogP contribution in [-0.2, 0) is 11.8 Å². The Morgan fingerprint density at radius 1 is 1.11 bits per heavy atom. The van der Waals surface area contributed by atoms with Gasteiger partial charge in [0.2, 0.25) is 5.91 Å². The van der Waals surface area contributed by atoms with Crippen LogP contribution >= 0.6 is 0 Å². The second-order valence-electron chi connectivity index (χ2n) is 7.70. The highest BCUT2D eigenvalue weighted by Crippen LogP contribution is 2.36. The zero-order valence-electron chi connectivity index (χ0n) is 15.4. The summed E-state index contributed by atoms with van der Waals surface area (Å²) in [5, 5.41) is 5.09. The number of carbonyl (C=O) groups is 1. The van der Waals surface area contributed by atoms with E-state index in [-0.39, 0.29) is 5.91 Å². The van der Waals surface area contributed by atoms with Gasteiger partial charge in [-0.1, -0.05) is 12.1 Å². The van der Waals surface area contributed by atoms with Crippen molar-refractivity contribution in [1.82, 2.24) is 19.4 Å². The second kappa shape index (κ2) is 6.46. The Morgan fingerprint density at radius 2 is 1.89 bits per heavy atom. The Morgan fingerprint density at radius 3 is 2.59 bits per heavy atom. The standard InChI is InChI=1S/C21H23N5O/c1-25-13-22-11-19(25)14-2-3-15-10-23-20(9-16(15)8-14)24-21(27)12-26-17-4-5-18(26)7-6-17/h2-3,8-11,13,17-18H,4-7,12H2,1H3,(H,23,24,27). The van der Waals surface area contributed by atoms with Crippen molar-refractivity contribution < 1.29 is 4.79 Å². The number of nitrogens with one attached hydrogen (secondary N) is 1. The predicted molar refractivity (Wildman–Crippen MR) is 105 cm³/mol. The topological polar surface area (TPSA) is 63.1 Å². The highest BCUT2D eigenvalue weighted by molar-refractivity contribution is 5.94. The van der Waals surface area contributed by atoms with Crippen LogP contribution in [0.25, 0.3) is 22.0 Å². The van der Waals surface area contributed by atoms with Crippen molar-refractivity contribution in [3.8, 4) is 11.3 Å². The molecule has 0 unspecified atom stereocenters. The molecule has 5 rings (SSSR count). The molecule has 27 heavy (non-hydrogen) atoms. The molecule has 2 saturated heterocycles. The molecule has 3 aromatic rings. The highest BCUT2D eigenvalue weighted by atomic mass is 16.2. The predicted octanol–water partition coefficient (Wildman–Crippen LogP) is 3.20. The van der Waals surface area contributed by atoms with Gasteiger partial charge in [0.15, 0.2) is 0 Å². The van der Waals surface area contributed by atoms with Crippen molar-refractivity contribution in [3.63, 3.8) is 0 Å². The van der Waals surface area contributed by atoms with E-state index in [9.17, 15) is 4.79 Å². The molecule has 2 aromatic heterocycles. The molecule has 138 valence electrons. The Labute approximate surface area is 158 Å². The largest absolute Gasteiger partial charge is 0.334 e. The van der Waals surface area contributed by atoms with Crippen molar-refractivity contribution in [2.75, 3.05) is 11.9 Å². The van der Waals surface area contributed by atoms with Crippen LogP contribution < -0.4 is 5.32 Å². The maximum absolute atomic E-state index is 12.5. The minimum absolute atomic E-state index is 0.0310. The lowest BCUT2D eigenvalue weighted by Gasteiger charge is -2.20. The Bertz CT molecular complexity index is 991. The number of benzene rings is 1. The normalized spacial score (nSPS) is 21.8. The summed E-state index contributed by atoms with van der Waals surface area (Å²) in [6.07, 6.45) is 10.4. The smallest absolute Gasteiger partial charge is 0.239 e. The van der Waals surface area contributed by atoms with E-state index in [0.29, 0.717) is 24.4 Å². The quantitative estimate of drug-likeness (QED) is 0.775. The Balaban J connectivity index is 1.36. The van der Waals surface area contributed by atoms with Crippen LogP contribution in [0.4, 0.5) is 5.82 Å².